The molecule has 2 heteroatoms. The molecule has 1 aromatic carbocycles. The molecule has 1 rings (SSSR count). The van der Waals surface area contributed by atoms with Gasteiger partial charge in [-0.2, -0.15) is 0 Å². The number of hydrogen-bond acceptors (Lipinski definition) is 2. The molecule has 0 fully saturated rings. The van der Waals surface area contributed by atoms with Crippen molar-refractivity contribution >= 4 is 0 Å². The van der Waals surface area contributed by atoms with E-state index >= 15 is 0 Å². The summed E-state index contributed by atoms with van der Waals surface area (Å²) < 4.78 is 0. The Morgan fingerprint density at radius 1 is 1.20 bits per heavy atom. The van der Waals surface area contributed by atoms with Crippen molar-refractivity contribution in [1.29, 1.82) is 0 Å². The van der Waals surface area contributed by atoms with Crippen molar-refractivity contribution in [1.82, 2.24) is 4.90 Å². The molecular formula is C13H22N2. The molecule has 0 amide bonds. The molecule has 1 aromatic rings. The van der Waals surface area contributed by atoms with E-state index in [0.717, 1.165) is 6.54 Å². The first kappa shape index (κ1) is 12.2. The van der Waals surface area contributed by atoms with Gasteiger partial charge in [0.2, 0.25) is 0 Å². The van der Waals surface area contributed by atoms with Gasteiger partial charge in [-0.3, -0.25) is 4.90 Å². The Labute approximate surface area is 93.1 Å². The van der Waals surface area contributed by atoms with Gasteiger partial charge in [0.15, 0.2) is 0 Å². The van der Waals surface area contributed by atoms with Crippen LogP contribution in [0.4, 0.5) is 0 Å². The monoisotopic (exact) mass is 206 g/mol. The molecule has 15 heavy (non-hydrogen) atoms. The van der Waals surface area contributed by atoms with Crippen LogP contribution in [0.15, 0.2) is 18.2 Å². The van der Waals surface area contributed by atoms with Gasteiger partial charge in [0.05, 0.1) is 0 Å². The zero-order valence-electron chi connectivity index (χ0n) is 10.2. The molecule has 0 saturated carbocycles. The predicted octanol–water partition coefficient (Wildman–Crippen LogP) is 2.08. The minimum atomic E-state index is 0.436. The van der Waals surface area contributed by atoms with Crippen LogP contribution in [0.1, 0.15) is 23.6 Å². The lowest BCUT2D eigenvalue weighted by atomic mass is 10.1. The third kappa shape index (κ3) is 3.65. The van der Waals surface area contributed by atoms with E-state index in [1.807, 2.05) is 0 Å². The number of hydrogen-bond donors (Lipinski definition) is 1. The number of likely N-dealkylation sites (N-methyl/N-ethyl adjacent to an activating group) is 1. The van der Waals surface area contributed by atoms with Gasteiger partial charge in [0.25, 0.3) is 0 Å². The van der Waals surface area contributed by atoms with E-state index < -0.39 is 0 Å². The van der Waals surface area contributed by atoms with Gasteiger partial charge < -0.3 is 5.73 Å². The van der Waals surface area contributed by atoms with Gasteiger partial charge in [-0.05, 0) is 33.4 Å². The number of benzene rings is 1. The van der Waals surface area contributed by atoms with E-state index in [-0.39, 0.29) is 0 Å². The summed E-state index contributed by atoms with van der Waals surface area (Å²) in [6, 6.07) is 7.13. The molecule has 0 aliphatic carbocycles. The van der Waals surface area contributed by atoms with Gasteiger partial charge in [0.1, 0.15) is 0 Å². The van der Waals surface area contributed by atoms with E-state index in [0.29, 0.717) is 12.6 Å². The molecule has 0 saturated heterocycles. The summed E-state index contributed by atoms with van der Waals surface area (Å²) in [5, 5.41) is 0. The Morgan fingerprint density at radius 3 is 2.20 bits per heavy atom. The van der Waals surface area contributed by atoms with Gasteiger partial charge >= 0.3 is 0 Å². The van der Waals surface area contributed by atoms with Crippen LogP contribution in [0.25, 0.3) is 0 Å². The maximum atomic E-state index is 5.64. The normalized spacial score (nSPS) is 13.2. The van der Waals surface area contributed by atoms with Gasteiger partial charge in [0, 0.05) is 19.1 Å². The van der Waals surface area contributed by atoms with Gasteiger partial charge in [-0.15, -0.1) is 0 Å². The molecule has 0 aromatic heterocycles. The first-order valence-electron chi connectivity index (χ1n) is 5.50. The van der Waals surface area contributed by atoms with Crippen LogP contribution in [0.3, 0.4) is 0 Å². The SMILES string of the molecule is Cc1cc(C)cc(CN(C)C(C)CN)c1. The van der Waals surface area contributed by atoms with E-state index in [2.05, 4.69) is 50.9 Å². The average molecular weight is 206 g/mol. The van der Waals surface area contributed by atoms with Crippen LogP contribution in [0, 0.1) is 13.8 Å². The van der Waals surface area contributed by atoms with Crippen LogP contribution in [-0.2, 0) is 6.54 Å². The summed E-state index contributed by atoms with van der Waals surface area (Å²) >= 11 is 0. The Kier molecular flexibility index (Phi) is 4.30. The maximum Gasteiger partial charge on any atom is 0.0234 e. The van der Waals surface area contributed by atoms with Crippen molar-refractivity contribution < 1.29 is 0 Å². The van der Waals surface area contributed by atoms with Crippen molar-refractivity contribution in [3.63, 3.8) is 0 Å². The second kappa shape index (κ2) is 5.29. The smallest absolute Gasteiger partial charge is 0.0234 e. The fraction of sp³-hybridized carbons (Fsp3) is 0.538. The van der Waals surface area contributed by atoms with Crippen molar-refractivity contribution in [2.75, 3.05) is 13.6 Å². The lowest BCUT2D eigenvalue weighted by Crippen LogP contribution is -2.34. The van der Waals surface area contributed by atoms with Crippen molar-refractivity contribution in [3.8, 4) is 0 Å². The summed E-state index contributed by atoms with van der Waals surface area (Å²) in [6.07, 6.45) is 0. The second-order valence-corrected chi connectivity index (χ2v) is 4.50. The van der Waals surface area contributed by atoms with Crippen LogP contribution in [0.2, 0.25) is 0 Å². The highest BCUT2D eigenvalue weighted by molar-refractivity contribution is 5.28. The third-order valence-corrected chi connectivity index (χ3v) is 2.81. The summed E-state index contributed by atoms with van der Waals surface area (Å²) in [7, 11) is 2.12. The van der Waals surface area contributed by atoms with Crippen LogP contribution < -0.4 is 5.73 Å². The second-order valence-electron chi connectivity index (χ2n) is 4.50. The summed E-state index contributed by atoms with van der Waals surface area (Å²) in [5.41, 5.74) is 9.68. The number of aryl methyl sites for hydroxylation is 2. The predicted molar refractivity (Wildman–Crippen MR) is 65.9 cm³/mol. The molecule has 2 N–H and O–H groups in total. The molecule has 0 bridgehead atoms. The Hall–Kier alpha value is -0.860. The molecule has 1 unspecified atom stereocenters. The molecule has 0 aliphatic heterocycles. The highest BCUT2D eigenvalue weighted by Gasteiger charge is 2.07. The van der Waals surface area contributed by atoms with Gasteiger partial charge in [-0.1, -0.05) is 29.3 Å². The third-order valence-electron chi connectivity index (χ3n) is 2.81. The molecule has 0 aliphatic rings. The fourth-order valence-electron chi connectivity index (χ4n) is 1.78. The zero-order chi connectivity index (χ0) is 11.4. The summed E-state index contributed by atoms with van der Waals surface area (Å²) in [5.74, 6) is 0. The topological polar surface area (TPSA) is 29.3 Å². The van der Waals surface area contributed by atoms with Crippen molar-refractivity contribution in [3.05, 3.63) is 34.9 Å². The summed E-state index contributed by atoms with van der Waals surface area (Å²) in [4.78, 5) is 2.29. The van der Waals surface area contributed by atoms with Crippen molar-refractivity contribution in [2.45, 2.75) is 33.4 Å². The fourth-order valence-corrected chi connectivity index (χ4v) is 1.78. The lowest BCUT2D eigenvalue weighted by molar-refractivity contribution is 0.255. The highest BCUT2D eigenvalue weighted by atomic mass is 15.1. The molecule has 0 spiro atoms. The largest absolute Gasteiger partial charge is 0.329 e. The first-order chi connectivity index (χ1) is 7.02. The van der Waals surface area contributed by atoms with E-state index in [1.165, 1.54) is 16.7 Å². The Bertz CT molecular complexity index is 300. The number of rotatable bonds is 4. The van der Waals surface area contributed by atoms with E-state index in [9.17, 15) is 0 Å². The standard InChI is InChI=1S/C13H22N2/c1-10-5-11(2)7-13(6-10)9-15(4)12(3)8-14/h5-7,12H,8-9,14H2,1-4H3. The quantitative estimate of drug-likeness (QED) is 0.817. The minimum absolute atomic E-state index is 0.436. The van der Waals surface area contributed by atoms with E-state index in [4.69, 9.17) is 5.73 Å². The van der Waals surface area contributed by atoms with Crippen LogP contribution in [-0.4, -0.2) is 24.5 Å². The van der Waals surface area contributed by atoms with Crippen molar-refractivity contribution in [2.24, 2.45) is 5.73 Å². The first-order valence-corrected chi connectivity index (χ1v) is 5.50. The average Bonchev–Trinajstić information content (AvgIpc) is 2.14. The Morgan fingerprint density at radius 2 is 1.73 bits per heavy atom. The minimum Gasteiger partial charge on any atom is -0.329 e. The number of nitrogens with two attached hydrogens (primary N) is 1. The number of nitrogens with zero attached hydrogens (tertiary/aromatic N) is 1. The Balaban J connectivity index is 2.72. The molecular weight excluding hydrogens is 184 g/mol. The molecule has 84 valence electrons. The summed E-state index contributed by atoms with van der Waals surface area (Å²) in [6.45, 7) is 8.12. The molecule has 0 radical (unpaired) electrons. The maximum absolute atomic E-state index is 5.64. The molecule has 0 heterocycles. The zero-order valence-corrected chi connectivity index (χ0v) is 10.2. The van der Waals surface area contributed by atoms with Gasteiger partial charge in [-0.25, -0.2) is 0 Å². The lowest BCUT2D eigenvalue weighted by Gasteiger charge is -2.23. The highest BCUT2D eigenvalue weighted by Crippen LogP contribution is 2.11. The van der Waals surface area contributed by atoms with Crippen LogP contribution >= 0.6 is 0 Å². The molecule has 2 nitrogen and oxygen atoms in total. The molecule has 1 atom stereocenters. The van der Waals surface area contributed by atoms with Crippen LogP contribution in [0.5, 0.6) is 0 Å². The van der Waals surface area contributed by atoms with E-state index in [1.54, 1.807) is 0 Å².